The van der Waals surface area contributed by atoms with E-state index in [0.717, 1.165) is 41.1 Å². The number of aryl methyl sites for hydroxylation is 1. The molecule has 0 aliphatic carbocycles. The van der Waals surface area contributed by atoms with Gasteiger partial charge in [-0.3, -0.25) is 0 Å². The average molecular weight is 393 g/mol. The van der Waals surface area contributed by atoms with E-state index >= 15 is 0 Å². The van der Waals surface area contributed by atoms with Crippen molar-refractivity contribution < 1.29 is 4.74 Å². The SMILES string of the molecule is CCCC/C(=C/N)NC[C@@](C)(OC)c1ccc(Cl)cc1-c1cscc1C. The van der Waals surface area contributed by atoms with Crippen LogP contribution >= 0.6 is 22.9 Å². The lowest BCUT2D eigenvalue weighted by atomic mass is 9.87. The zero-order valence-corrected chi connectivity index (χ0v) is 17.6. The van der Waals surface area contributed by atoms with Gasteiger partial charge < -0.3 is 15.8 Å². The third-order valence-corrected chi connectivity index (χ3v) is 5.90. The molecule has 1 heterocycles. The number of unbranched alkanes of at least 4 members (excludes halogenated alkanes) is 1. The summed E-state index contributed by atoms with van der Waals surface area (Å²) in [6, 6.07) is 6.02. The number of benzene rings is 1. The third-order valence-electron chi connectivity index (χ3n) is 4.80. The van der Waals surface area contributed by atoms with Crippen LogP contribution in [0.25, 0.3) is 11.1 Å². The lowest BCUT2D eigenvalue weighted by Gasteiger charge is -2.32. The molecule has 3 nitrogen and oxygen atoms in total. The third kappa shape index (κ3) is 4.81. The summed E-state index contributed by atoms with van der Waals surface area (Å²) in [6.07, 6.45) is 4.86. The van der Waals surface area contributed by atoms with E-state index in [1.54, 1.807) is 24.6 Å². The fourth-order valence-corrected chi connectivity index (χ4v) is 4.01. The number of thiophene rings is 1. The van der Waals surface area contributed by atoms with Gasteiger partial charge in [-0.2, -0.15) is 11.3 Å². The minimum Gasteiger partial charge on any atom is -0.403 e. The van der Waals surface area contributed by atoms with Crippen LogP contribution in [0.2, 0.25) is 5.02 Å². The second-order valence-corrected chi connectivity index (χ2v) is 7.92. The summed E-state index contributed by atoms with van der Waals surface area (Å²) in [4.78, 5) is 0. The molecule has 0 spiro atoms. The maximum atomic E-state index is 6.31. The summed E-state index contributed by atoms with van der Waals surface area (Å²) < 4.78 is 5.97. The smallest absolute Gasteiger partial charge is 0.108 e. The van der Waals surface area contributed by atoms with Gasteiger partial charge in [-0.25, -0.2) is 0 Å². The second kappa shape index (κ2) is 9.45. The number of hydrogen-bond donors (Lipinski definition) is 2. The van der Waals surface area contributed by atoms with Crippen LogP contribution in [0.4, 0.5) is 0 Å². The Morgan fingerprint density at radius 2 is 2.12 bits per heavy atom. The van der Waals surface area contributed by atoms with Crippen molar-refractivity contribution in [3.63, 3.8) is 0 Å². The van der Waals surface area contributed by atoms with Crippen molar-refractivity contribution in [2.75, 3.05) is 13.7 Å². The second-order valence-electron chi connectivity index (χ2n) is 6.74. The number of nitrogens with one attached hydrogen (secondary N) is 1. The monoisotopic (exact) mass is 392 g/mol. The number of halogens is 1. The highest BCUT2D eigenvalue weighted by molar-refractivity contribution is 7.08. The van der Waals surface area contributed by atoms with E-state index in [0.29, 0.717) is 6.54 Å². The van der Waals surface area contributed by atoms with Crippen LogP contribution < -0.4 is 11.1 Å². The lowest BCUT2D eigenvalue weighted by Crippen LogP contribution is -2.37. The van der Waals surface area contributed by atoms with Crippen molar-refractivity contribution in [2.45, 2.75) is 45.6 Å². The van der Waals surface area contributed by atoms with E-state index in [2.05, 4.69) is 42.9 Å². The number of rotatable bonds is 9. The molecule has 142 valence electrons. The zero-order valence-electron chi connectivity index (χ0n) is 16.1. The van der Waals surface area contributed by atoms with Crippen LogP contribution in [-0.4, -0.2) is 13.7 Å². The van der Waals surface area contributed by atoms with Crippen LogP contribution in [-0.2, 0) is 10.3 Å². The fraction of sp³-hybridized carbons (Fsp3) is 0.429. The van der Waals surface area contributed by atoms with E-state index in [1.165, 1.54) is 11.1 Å². The van der Waals surface area contributed by atoms with Crippen LogP contribution in [0.5, 0.6) is 0 Å². The first-order valence-electron chi connectivity index (χ1n) is 8.98. The molecule has 1 atom stereocenters. The van der Waals surface area contributed by atoms with Crippen molar-refractivity contribution in [3.8, 4) is 11.1 Å². The van der Waals surface area contributed by atoms with Gasteiger partial charge in [-0.1, -0.05) is 31.0 Å². The average Bonchev–Trinajstić information content (AvgIpc) is 3.07. The molecule has 2 rings (SSSR count). The summed E-state index contributed by atoms with van der Waals surface area (Å²) in [7, 11) is 1.75. The van der Waals surface area contributed by atoms with Gasteiger partial charge in [0.1, 0.15) is 5.60 Å². The van der Waals surface area contributed by atoms with Crippen molar-refractivity contribution in [1.29, 1.82) is 0 Å². The Morgan fingerprint density at radius 1 is 1.35 bits per heavy atom. The maximum absolute atomic E-state index is 6.31. The van der Waals surface area contributed by atoms with Crippen molar-refractivity contribution in [2.24, 2.45) is 5.73 Å². The minimum absolute atomic E-state index is 0.505. The van der Waals surface area contributed by atoms with Crippen molar-refractivity contribution in [1.82, 2.24) is 5.32 Å². The highest BCUT2D eigenvalue weighted by Gasteiger charge is 2.30. The van der Waals surface area contributed by atoms with Gasteiger partial charge in [0.15, 0.2) is 0 Å². The summed E-state index contributed by atoms with van der Waals surface area (Å²) in [5, 5.41) is 8.53. The molecule has 0 saturated carbocycles. The molecule has 0 aliphatic rings. The largest absolute Gasteiger partial charge is 0.403 e. The Morgan fingerprint density at radius 3 is 2.69 bits per heavy atom. The quantitative estimate of drug-likeness (QED) is 0.565. The molecule has 0 radical (unpaired) electrons. The summed E-state index contributed by atoms with van der Waals surface area (Å²) >= 11 is 8.01. The molecular formula is C21H29ClN2OS. The molecule has 1 aromatic carbocycles. The molecule has 2 aromatic rings. The van der Waals surface area contributed by atoms with E-state index in [1.807, 2.05) is 12.1 Å². The Bertz CT molecular complexity index is 756. The highest BCUT2D eigenvalue weighted by atomic mass is 35.5. The summed E-state index contributed by atoms with van der Waals surface area (Å²) in [5.74, 6) is 0. The number of nitrogens with two attached hydrogens (primary N) is 1. The van der Waals surface area contributed by atoms with Crippen LogP contribution in [0.15, 0.2) is 40.9 Å². The predicted molar refractivity (Wildman–Crippen MR) is 114 cm³/mol. The predicted octanol–water partition coefficient (Wildman–Crippen LogP) is 5.82. The highest BCUT2D eigenvalue weighted by Crippen LogP contribution is 2.38. The molecule has 3 N–H and O–H groups in total. The lowest BCUT2D eigenvalue weighted by molar-refractivity contribution is 0.00491. The van der Waals surface area contributed by atoms with Crippen LogP contribution in [0, 0.1) is 6.92 Å². The van der Waals surface area contributed by atoms with Crippen LogP contribution in [0.1, 0.15) is 44.2 Å². The molecule has 0 amide bonds. The van der Waals surface area contributed by atoms with Crippen molar-refractivity contribution >= 4 is 22.9 Å². The molecule has 0 fully saturated rings. The first-order chi connectivity index (χ1) is 12.4. The maximum Gasteiger partial charge on any atom is 0.108 e. The standard InChI is InChI=1S/C21H29ClN2OS/c1-5-6-7-17(11-23)24-14-21(3,25-4)20-9-8-16(22)10-18(20)19-13-26-12-15(19)2/h8-13,24H,5-7,14,23H2,1-4H3/b17-11-/t21-/m1/s1. The molecule has 5 heteroatoms. The van der Waals surface area contributed by atoms with Gasteiger partial charge in [-0.05, 0) is 71.8 Å². The van der Waals surface area contributed by atoms with E-state index in [4.69, 9.17) is 22.1 Å². The summed E-state index contributed by atoms with van der Waals surface area (Å²) in [5.41, 5.74) is 11.0. The Kier molecular flexibility index (Phi) is 7.56. The molecular weight excluding hydrogens is 364 g/mol. The van der Waals surface area contributed by atoms with Gasteiger partial charge in [0, 0.05) is 30.6 Å². The molecule has 0 saturated heterocycles. The molecule has 26 heavy (non-hydrogen) atoms. The Hall–Kier alpha value is -1.49. The normalized spacial score (nSPS) is 14.3. The molecule has 0 aliphatic heterocycles. The van der Waals surface area contributed by atoms with E-state index < -0.39 is 5.60 Å². The van der Waals surface area contributed by atoms with Gasteiger partial charge >= 0.3 is 0 Å². The van der Waals surface area contributed by atoms with Gasteiger partial charge in [-0.15, -0.1) is 0 Å². The van der Waals surface area contributed by atoms with Gasteiger partial charge in [0.2, 0.25) is 0 Å². The van der Waals surface area contributed by atoms with Gasteiger partial charge in [0.05, 0.1) is 0 Å². The topological polar surface area (TPSA) is 47.3 Å². The Balaban J connectivity index is 2.35. The Labute approximate surface area is 166 Å². The summed E-state index contributed by atoms with van der Waals surface area (Å²) in [6.45, 7) is 7.03. The zero-order chi connectivity index (χ0) is 19.2. The van der Waals surface area contributed by atoms with Crippen molar-refractivity contribution in [3.05, 3.63) is 57.0 Å². The first-order valence-corrected chi connectivity index (χ1v) is 10.3. The number of methoxy groups -OCH3 is 1. The first kappa shape index (κ1) is 20.8. The molecule has 0 unspecified atom stereocenters. The molecule has 1 aromatic heterocycles. The fourth-order valence-electron chi connectivity index (χ4n) is 2.99. The minimum atomic E-state index is -0.505. The number of hydrogen-bond acceptors (Lipinski definition) is 4. The number of ether oxygens (including phenoxy) is 1. The molecule has 0 bridgehead atoms. The van der Waals surface area contributed by atoms with E-state index in [9.17, 15) is 0 Å². The van der Waals surface area contributed by atoms with E-state index in [-0.39, 0.29) is 0 Å². The number of allylic oxidation sites excluding steroid dienone is 1. The van der Waals surface area contributed by atoms with Crippen LogP contribution in [0.3, 0.4) is 0 Å². The van der Waals surface area contributed by atoms with Gasteiger partial charge in [0.25, 0.3) is 0 Å².